The molecule has 0 bridgehead atoms. The second kappa shape index (κ2) is 5.21. The SMILES string of the molecule is CBc1ccc2c(c1)CC(C(=O)N1CCNCC1)=C2. The zero-order valence-electron chi connectivity index (χ0n) is 11.4. The van der Waals surface area contributed by atoms with Gasteiger partial charge in [0.15, 0.2) is 7.28 Å². The van der Waals surface area contributed by atoms with Crippen molar-refractivity contribution in [2.24, 2.45) is 0 Å². The van der Waals surface area contributed by atoms with Crippen LogP contribution in [0.2, 0.25) is 6.82 Å². The van der Waals surface area contributed by atoms with Gasteiger partial charge in [-0.05, 0) is 17.2 Å². The Balaban J connectivity index is 1.76. The average Bonchev–Trinajstić information content (AvgIpc) is 2.90. The van der Waals surface area contributed by atoms with Crippen LogP contribution < -0.4 is 10.8 Å². The predicted octanol–water partition coefficient (Wildman–Crippen LogP) is 0.168. The van der Waals surface area contributed by atoms with Crippen molar-refractivity contribution < 1.29 is 4.79 Å². The van der Waals surface area contributed by atoms with Crippen molar-refractivity contribution in [1.82, 2.24) is 10.2 Å². The van der Waals surface area contributed by atoms with Crippen LogP contribution in [0.1, 0.15) is 11.1 Å². The van der Waals surface area contributed by atoms with E-state index in [0.717, 1.165) is 45.5 Å². The Morgan fingerprint density at radius 1 is 1.32 bits per heavy atom. The number of carbonyl (C=O) groups excluding carboxylic acids is 1. The summed E-state index contributed by atoms with van der Waals surface area (Å²) < 4.78 is 0. The molecule has 1 heterocycles. The van der Waals surface area contributed by atoms with Crippen LogP contribution in [0.4, 0.5) is 0 Å². The Morgan fingerprint density at radius 3 is 2.84 bits per heavy atom. The summed E-state index contributed by atoms with van der Waals surface area (Å²) in [7, 11) is 1.05. The molecule has 1 aromatic rings. The van der Waals surface area contributed by atoms with E-state index in [9.17, 15) is 4.79 Å². The van der Waals surface area contributed by atoms with Gasteiger partial charge in [0.25, 0.3) is 0 Å². The maximum Gasteiger partial charge on any atom is 0.250 e. The lowest BCUT2D eigenvalue weighted by atomic mass is 9.72. The summed E-state index contributed by atoms with van der Waals surface area (Å²) in [6, 6.07) is 6.55. The Bertz CT molecular complexity index is 533. The molecule has 1 amide bonds. The van der Waals surface area contributed by atoms with Crippen LogP contribution in [0, 0.1) is 0 Å². The van der Waals surface area contributed by atoms with Gasteiger partial charge in [-0.3, -0.25) is 4.79 Å². The fourth-order valence-electron chi connectivity index (χ4n) is 2.83. The highest BCUT2D eigenvalue weighted by Crippen LogP contribution is 2.25. The summed E-state index contributed by atoms with van der Waals surface area (Å²) in [5, 5.41) is 3.28. The van der Waals surface area contributed by atoms with E-state index in [-0.39, 0.29) is 5.91 Å². The zero-order chi connectivity index (χ0) is 13.2. The molecule has 1 N–H and O–H groups in total. The van der Waals surface area contributed by atoms with Gasteiger partial charge in [-0.25, -0.2) is 0 Å². The number of amides is 1. The summed E-state index contributed by atoms with van der Waals surface area (Å²) in [6.45, 7) is 5.63. The smallest absolute Gasteiger partial charge is 0.250 e. The van der Waals surface area contributed by atoms with Crippen LogP contribution in [0.15, 0.2) is 23.8 Å². The minimum Gasteiger partial charge on any atom is -0.336 e. The predicted molar refractivity (Wildman–Crippen MR) is 80.2 cm³/mol. The first-order chi connectivity index (χ1) is 9.28. The number of carbonyl (C=O) groups is 1. The highest BCUT2D eigenvalue weighted by Gasteiger charge is 2.24. The molecule has 19 heavy (non-hydrogen) atoms. The van der Waals surface area contributed by atoms with Crippen LogP contribution >= 0.6 is 0 Å². The van der Waals surface area contributed by atoms with Crippen LogP contribution in [-0.4, -0.2) is 44.3 Å². The molecule has 1 aliphatic heterocycles. The van der Waals surface area contributed by atoms with Crippen LogP contribution in [0.5, 0.6) is 0 Å². The molecular weight excluding hydrogens is 235 g/mol. The molecule has 1 aliphatic carbocycles. The van der Waals surface area contributed by atoms with Crippen molar-refractivity contribution >= 4 is 24.7 Å². The average molecular weight is 254 g/mol. The topological polar surface area (TPSA) is 32.3 Å². The van der Waals surface area contributed by atoms with Crippen LogP contribution in [-0.2, 0) is 11.2 Å². The number of fused-ring (bicyclic) bond motifs is 1. The van der Waals surface area contributed by atoms with Crippen LogP contribution in [0.25, 0.3) is 6.08 Å². The molecule has 0 spiro atoms. The summed E-state index contributed by atoms with van der Waals surface area (Å²) in [5.41, 5.74) is 4.82. The van der Waals surface area contributed by atoms with E-state index in [1.165, 1.54) is 16.6 Å². The first-order valence-corrected chi connectivity index (χ1v) is 7.10. The molecule has 3 rings (SSSR count). The molecule has 2 aliphatic rings. The molecule has 1 fully saturated rings. The van der Waals surface area contributed by atoms with E-state index >= 15 is 0 Å². The molecule has 0 radical (unpaired) electrons. The van der Waals surface area contributed by atoms with Gasteiger partial charge in [-0.1, -0.05) is 30.5 Å². The molecule has 1 saturated heterocycles. The minimum absolute atomic E-state index is 0.218. The van der Waals surface area contributed by atoms with Crippen molar-refractivity contribution in [1.29, 1.82) is 0 Å². The highest BCUT2D eigenvalue weighted by atomic mass is 16.2. The standard InChI is InChI=1S/C15H19BN2O/c1-16-14-3-2-11-8-13(9-12(11)10-14)15(19)18-6-4-17-5-7-18/h2-3,8,10,16-17H,4-7,9H2,1H3. The first kappa shape index (κ1) is 12.5. The lowest BCUT2D eigenvalue weighted by molar-refractivity contribution is -0.127. The number of benzene rings is 1. The third-order valence-electron chi connectivity index (χ3n) is 4.01. The second-order valence-corrected chi connectivity index (χ2v) is 5.28. The van der Waals surface area contributed by atoms with Crippen molar-refractivity contribution in [3.63, 3.8) is 0 Å². The number of piperazine rings is 1. The monoisotopic (exact) mass is 254 g/mol. The number of nitrogens with one attached hydrogen (secondary N) is 1. The van der Waals surface area contributed by atoms with Gasteiger partial charge in [0.1, 0.15) is 0 Å². The minimum atomic E-state index is 0.218. The van der Waals surface area contributed by atoms with Crippen LogP contribution in [0.3, 0.4) is 0 Å². The lowest BCUT2D eigenvalue weighted by Gasteiger charge is -2.27. The van der Waals surface area contributed by atoms with Gasteiger partial charge in [0.2, 0.25) is 5.91 Å². The Kier molecular flexibility index (Phi) is 3.43. The third-order valence-corrected chi connectivity index (χ3v) is 4.01. The Morgan fingerprint density at radius 2 is 2.11 bits per heavy atom. The zero-order valence-corrected chi connectivity index (χ0v) is 11.4. The van der Waals surface area contributed by atoms with Crippen molar-refractivity contribution in [2.45, 2.75) is 13.2 Å². The fourth-order valence-corrected chi connectivity index (χ4v) is 2.83. The molecule has 0 aromatic heterocycles. The third kappa shape index (κ3) is 2.45. The maximum atomic E-state index is 12.5. The Hall–Kier alpha value is -1.55. The van der Waals surface area contributed by atoms with Gasteiger partial charge in [0.05, 0.1) is 0 Å². The second-order valence-electron chi connectivity index (χ2n) is 5.28. The molecule has 98 valence electrons. The number of hydrogen-bond acceptors (Lipinski definition) is 2. The van der Waals surface area contributed by atoms with Gasteiger partial charge in [-0.2, -0.15) is 0 Å². The van der Waals surface area contributed by atoms with E-state index in [4.69, 9.17) is 0 Å². The molecule has 0 unspecified atom stereocenters. The summed E-state index contributed by atoms with van der Waals surface area (Å²) in [5.74, 6) is 0.218. The molecule has 0 atom stereocenters. The van der Waals surface area contributed by atoms with E-state index in [0.29, 0.717) is 0 Å². The highest BCUT2D eigenvalue weighted by molar-refractivity contribution is 6.51. The van der Waals surface area contributed by atoms with E-state index in [1.54, 1.807) is 0 Å². The largest absolute Gasteiger partial charge is 0.336 e. The number of rotatable bonds is 2. The summed E-state index contributed by atoms with van der Waals surface area (Å²) in [6.07, 6.45) is 2.87. The maximum absolute atomic E-state index is 12.5. The molecule has 0 saturated carbocycles. The summed E-state index contributed by atoms with van der Waals surface area (Å²) in [4.78, 5) is 14.4. The van der Waals surface area contributed by atoms with Gasteiger partial charge < -0.3 is 10.2 Å². The molecule has 3 nitrogen and oxygen atoms in total. The van der Waals surface area contributed by atoms with Crippen molar-refractivity contribution in [3.05, 3.63) is 34.9 Å². The fraction of sp³-hybridized carbons (Fsp3) is 0.400. The van der Waals surface area contributed by atoms with Gasteiger partial charge >= 0.3 is 0 Å². The molecule has 4 heteroatoms. The Labute approximate surface area is 114 Å². The van der Waals surface area contributed by atoms with Crippen molar-refractivity contribution in [2.75, 3.05) is 26.2 Å². The van der Waals surface area contributed by atoms with Gasteiger partial charge in [-0.15, -0.1) is 0 Å². The normalized spacial score (nSPS) is 17.9. The number of nitrogens with zero attached hydrogens (tertiary/aromatic N) is 1. The lowest BCUT2D eigenvalue weighted by Crippen LogP contribution is -2.46. The number of hydrogen-bond donors (Lipinski definition) is 1. The van der Waals surface area contributed by atoms with Gasteiger partial charge in [0, 0.05) is 38.2 Å². The summed E-state index contributed by atoms with van der Waals surface area (Å²) >= 11 is 0. The first-order valence-electron chi connectivity index (χ1n) is 7.10. The van der Waals surface area contributed by atoms with E-state index < -0.39 is 0 Å². The van der Waals surface area contributed by atoms with E-state index in [1.807, 2.05) is 4.90 Å². The van der Waals surface area contributed by atoms with E-state index in [2.05, 4.69) is 36.4 Å². The van der Waals surface area contributed by atoms with Crippen molar-refractivity contribution in [3.8, 4) is 0 Å². The quantitative estimate of drug-likeness (QED) is 0.763. The molecule has 1 aromatic carbocycles. The molecular formula is C15H19BN2O.